The molecule has 1 saturated heterocycles. The summed E-state index contributed by atoms with van der Waals surface area (Å²) in [5.41, 5.74) is -1.89. The molecule has 2 aromatic rings. The number of aromatic nitrogens is 2. The highest BCUT2D eigenvalue weighted by atomic mass is 35.5. The van der Waals surface area contributed by atoms with Crippen LogP contribution in [0.2, 0.25) is 10.0 Å². The summed E-state index contributed by atoms with van der Waals surface area (Å²) < 4.78 is 24.1. The first-order valence-corrected chi connectivity index (χ1v) is 10.7. The fraction of sp³-hybridized carbons (Fsp3) is 0.375. The minimum absolute atomic E-state index is 0.0314. The molecule has 2 aliphatic heterocycles. The Kier molecular flexibility index (Phi) is 6.08. The van der Waals surface area contributed by atoms with Gasteiger partial charge in [-0.2, -0.15) is 0 Å². The summed E-state index contributed by atoms with van der Waals surface area (Å²) in [6.45, 7) is 0.205. The molecule has 3 heterocycles. The van der Waals surface area contributed by atoms with Gasteiger partial charge in [0.1, 0.15) is 23.1 Å². The van der Waals surface area contributed by atoms with Gasteiger partial charge in [-0.15, -0.1) is 0 Å². The van der Waals surface area contributed by atoms with Crippen LogP contribution >= 0.6 is 44.0 Å². The van der Waals surface area contributed by atoms with Crippen LogP contribution in [0.25, 0.3) is 0 Å². The Labute approximate surface area is 183 Å². The Morgan fingerprint density at radius 3 is 3.00 bits per heavy atom. The highest BCUT2D eigenvalue weighted by molar-refractivity contribution is 7.71. The van der Waals surface area contributed by atoms with Crippen molar-refractivity contribution in [1.29, 1.82) is 0 Å². The van der Waals surface area contributed by atoms with Gasteiger partial charge < -0.3 is 14.4 Å². The van der Waals surface area contributed by atoms with Gasteiger partial charge in [0.25, 0.3) is 5.56 Å². The first-order valence-electron chi connectivity index (χ1n) is 8.49. The van der Waals surface area contributed by atoms with E-state index in [9.17, 15) is 9.90 Å². The average molecular weight is 475 g/mol. The predicted molar refractivity (Wildman–Crippen MR) is 110 cm³/mol. The van der Waals surface area contributed by atoms with Crippen LogP contribution in [0.15, 0.2) is 29.2 Å². The molecule has 1 aromatic carbocycles. The molecule has 0 aliphatic carbocycles. The Morgan fingerprint density at radius 1 is 1.41 bits per heavy atom. The lowest BCUT2D eigenvalue weighted by atomic mass is 9.88. The van der Waals surface area contributed by atoms with E-state index >= 15 is 0 Å². The Balaban J connectivity index is 1.44. The number of nitrogens with one attached hydrogen (secondary N) is 1. The molecule has 4 rings (SSSR count). The van der Waals surface area contributed by atoms with Crippen molar-refractivity contribution in [3.8, 4) is 5.75 Å². The standard InChI is InChI=1S/C16H14BCl2N2O6PS/c17-16(23,27-28-24-7-8-5-9(18)1-2-11(8)26-28)12-3-4-13(25-12)21-6-10(19)14(22)20-15(21)29/h1-2,5-6,12-13,23H,3-4,7H2,(H,20,22,29). The van der Waals surface area contributed by atoms with E-state index in [1.54, 1.807) is 18.2 Å². The topological polar surface area (TPSA) is 94.9 Å². The van der Waals surface area contributed by atoms with Gasteiger partial charge in [0.05, 0.1) is 6.61 Å². The normalized spacial score (nSPS) is 25.8. The van der Waals surface area contributed by atoms with Crippen molar-refractivity contribution < 1.29 is 23.4 Å². The van der Waals surface area contributed by atoms with Crippen LogP contribution < -0.4 is 10.1 Å². The van der Waals surface area contributed by atoms with Gasteiger partial charge in [0, 0.05) is 16.8 Å². The van der Waals surface area contributed by atoms with E-state index in [0.29, 0.717) is 23.6 Å². The van der Waals surface area contributed by atoms with Crippen LogP contribution in [-0.4, -0.2) is 34.3 Å². The summed E-state index contributed by atoms with van der Waals surface area (Å²) in [5.74, 6) is 0.543. The van der Waals surface area contributed by atoms with Crippen LogP contribution in [0, 0.1) is 4.77 Å². The maximum absolute atomic E-state index is 11.5. The van der Waals surface area contributed by atoms with E-state index in [4.69, 9.17) is 61.6 Å². The van der Waals surface area contributed by atoms with E-state index in [0.717, 1.165) is 5.56 Å². The van der Waals surface area contributed by atoms with Gasteiger partial charge in [-0.05, 0) is 43.3 Å². The molecule has 2 radical (unpaired) electrons. The highest BCUT2D eigenvalue weighted by Crippen LogP contribution is 2.51. The number of benzene rings is 1. The van der Waals surface area contributed by atoms with E-state index in [1.165, 1.54) is 10.8 Å². The lowest BCUT2D eigenvalue weighted by Gasteiger charge is -2.34. The van der Waals surface area contributed by atoms with E-state index in [-0.39, 0.29) is 16.4 Å². The molecule has 0 amide bonds. The quantitative estimate of drug-likeness (QED) is 0.303. The highest BCUT2D eigenvalue weighted by Gasteiger charge is 2.43. The molecule has 1 aromatic heterocycles. The van der Waals surface area contributed by atoms with Crippen LogP contribution in [0.4, 0.5) is 0 Å². The zero-order chi connectivity index (χ0) is 20.8. The van der Waals surface area contributed by atoms with Crippen molar-refractivity contribution in [2.75, 3.05) is 0 Å². The molecule has 29 heavy (non-hydrogen) atoms. The lowest BCUT2D eigenvalue weighted by molar-refractivity contribution is -0.171. The molecule has 13 heteroatoms. The van der Waals surface area contributed by atoms with E-state index in [1.807, 2.05) is 0 Å². The molecule has 2 aliphatic rings. The van der Waals surface area contributed by atoms with E-state index in [2.05, 4.69) is 4.98 Å². The maximum Gasteiger partial charge on any atom is 0.399 e. The molecule has 4 atom stereocenters. The molecular formula is C16H14BCl2N2O6PS. The number of aromatic amines is 1. The summed E-state index contributed by atoms with van der Waals surface area (Å²) in [6, 6.07) is 5.09. The molecule has 0 saturated carbocycles. The SMILES string of the molecule is [B]C(O)(OP1OCc2cc(Cl)ccc2O1)C1CCC(n2cc(Cl)c(=O)[nH]c2=S)O1. The zero-order valence-corrected chi connectivity index (χ0v) is 17.9. The van der Waals surface area contributed by atoms with E-state index < -0.39 is 32.2 Å². The monoisotopic (exact) mass is 474 g/mol. The molecule has 2 N–H and O–H groups in total. The lowest BCUT2D eigenvalue weighted by Crippen LogP contribution is -2.44. The molecule has 0 spiro atoms. The van der Waals surface area contributed by atoms with Crippen molar-refractivity contribution in [2.24, 2.45) is 0 Å². The fourth-order valence-electron chi connectivity index (χ4n) is 3.01. The maximum atomic E-state index is 11.5. The number of hydrogen-bond acceptors (Lipinski definition) is 7. The minimum Gasteiger partial charge on any atom is -0.426 e. The second kappa shape index (κ2) is 8.28. The number of nitrogens with zero attached hydrogens (tertiary/aromatic N) is 1. The average Bonchev–Trinajstić information content (AvgIpc) is 3.15. The van der Waals surface area contributed by atoms with Crippen molar-refractivity contribution in [3.63, 3.8) is 0 Å². The Morgan fingerprint density at radius 2 is 2.21 bits per heavy atom. The van der Waals surface area contributed by atoms with Crippen LogP contribution in [-0.2, 0) is 20.4 Å². The molecule has 0 bridgehead atoms. The van der Waals surface area contributed by atoms with Gasteiger partial charge in [-0.25, -0.2) is 0 Å². The second-order valence-corrected chi connectivity index (χ2v) is 8.78. The first kappa shape index (κ1) is 21.3. The third-order valence-corrected chi connectivity index (χ3v) is 6.38. The number of aliphatic hydroxyl groups is 1. The first-order chi connectivity index (χ1) is 13.7. The number of H-pyrrole nitrogens is 1. The van der Waals surface area contributed by atoms with Crippen LogP contribution in [0.5, 0.6) is 5.75 Å². The summed E-state index contributed by atoms with van der Waals surface area (Å²) in [7, 11) is 4.00. The van der Waals surface area contributed by atoms with Crippen molar-refractivity contribution >= 4 is 51.9 Å². The van der Waals surface area contributed by atoms with Crippen molar-refractivity contribution in [2.45, 2.75) is 37.5 Å². The zero-order valence-electron chi connectivity index (χ0n) is 14.7. The third kappa shape index (κ3) is 4.55. The largest absolute Gasteiger partial charge is 0.426 e. The van der Waals surface area contributed by atoms with Gasteiger partial charge >= 0.3 is 8.60 Å². The molecule has 1 fully saturated rings. The number of fused-ring (bicyclic) bond motifs is 1. The van der Waals surface area contributed by atoms with Gasteiger partial charge in [0.2, 0.25) is 0 Å². The van der Waals surface area contributed by atoms with Crippen molar-refractivity contribution in [1.82, 2.24) is 9.55 Å². The van der Waals surface area contributed by atoms with Gasteiger partial charge in [-0.3, -0.25) is 23.4 Å². The molecule has 152 valence electrons. The molecule has 4 unspecified atom stereocenters. The summed E-state index contributed by atoms with van der Waals surface area (Å²) in [5, 5.41) is 11.2. The second-order valence-electron chi connectivity index (χ2n) is 6.48. The minimum atomic E-state index is -2.17. The predicted octanol–water partition coefficient (Wildman–Crippen LogP) is 3.56. The smallest absolute Gasteiger partial charge is 0.399 e. The molecule has 8 nitrogen and oxygen atoms in total. The third-order valence-electron chi connectivity index (χ3n) is 4.43. The Bertz CT molecular complexity index is 1050. The van der Waals surface area contributed by atoms with Crippen LogP contribution in [0.1, 0.15) is 24.6 Å². The van der Waals surface area contributed by atoms with Crippen molar-refractivity contribution in [3.05, 3.63) is 55.1 Å². The summed E-state index contributed by atoms with van der Waals surface area (Å²) in [4.78, 5) is 14.0. The fourth-order valence-corrected chi connectivity index (χ4v) is 4.70. The number of hydrogen-bond donors (Lipinski definition) is 2. The van der Waals surface area contributed by atoms with Gasteiger partial charge in [0.15, 0.2) is 18.3 Å². The van der Waals surface area contributed by atoms with Gasteiger partial charge in [-0.1, -0.05) is 23.2 Å². The summed E-state index contributed by atoms with van der Waals surface area (Å²) in [6.07, 6.45) is 0.744. The number of rotatable bonds is 4. The number of ether oxygens (including phenoxy) is 1. The number of halogens is 2. The van der Waals surface area contributed by atoms with Crippen LogP contribution in [0.3, 0.4) is 0 Å². The summed E-state index contributed by atoms with van der Waals surface area (Å²) >= 11 is 17.0. The Hall–Kier alpha value is -0.965. The molecular weight excluding hydrogens is 461 g/mol.